The Hall–Kier alpha value is -1.14. The third-order valence-corrected chi connectivity index (χ3v) is 3.56. The molecule has 1 heterocycles. The number of aliphatic carboxylic acids is 1. The Morgan fingerprint density at radius 3 is 2.70 bits per heavy atom. The van der Waals surface area contributed by atoms with Crippen molar-refractivity contribution >= 4 is 11.9 Å². The number of rotatable bonds is 7. The smallest absolute Gasteiger partial charge is 0.305 e. The van der Waals surface area contributed by atoms with Crippen LogP contribution in [0.4, 0.5) is 0 Å². The number of ether oxygens (including phenoxy) is 1. The van der Waals surface area contributed by atoms with Gasteiger partial charge < -0.3 is 20.5 Å². The molecule has 0 spiro atoms. The standard InChI is InChI=1S/C14H26N2O4/c1-10(2)5-11(8-15)6-13(17)16-3-4-20-9-12(16)7-14(18)19/h10-12H,3-9,15H2,1-2H3,(H,18,19)/t11-,12?/m0/s1. The van der Waals surface area contributed by atoms with Gasteiger partial charge in [-0.15, -0.1) is 0 Å². The van der Waals surface area contributed by atoms with Crippen molar-refractivity contribution in [3.63, 3.8) is 0 Å². The zero-order valence-corrected chi connectivity index (χ0v) is 12.4. The van der Waals surface area contributed by atoms with E-state index in [0.717, 1.165) is 6.42 Å². The molecular formula is C14H26N2O4. The number of amides is 1. The summed E-state index contributed by atoms with van der Waals surface area (Å²) in [6.45, 7) is 5.94. The molecule has 3 N–H and O–H groups in total. The first-order valence-electron chi connectivity index (χ1n) is 7.23. The summed E-state index contributed by atoms with van der Waals surface area (Å²) in [5.74, 6) is -0.252. The minimum atomic E-state index is -0.907. The van der Waals surface area contributed by atoms with E-state index in [1.165, 1.54) is 0 Å². The van der Waals surface area contributed by atoms with Crippen molar-refractivity contribution in [3.8, 4) is 0 Å². The van der Waals surface area contributed by atoms with Crippen molar-refractivity contribution in [2.75, 3.05) is 26.3 Å². The van der Waals surface area contributed by atoms with E-state index in [4.69, 9.17) is 15.6 Å². The molecule has 20 heavy (non-hydrogen) atoms. The Morgan fingerprint density at radius 1 is 1.45 bits per heavy atom. The van der Waals surface area contributed by atoms with Crippen LogP contribution in [0.3, 0.4) is 0 Å². The Bertz CT molecular complexity index is 333. The molecule has 0 aromatic heterocycles. The van der Waals surface area contributed by atoms with Gasteiger partial charge in [-0.25, -0.2) is 0 Å². The highest BCUT2D eigenvalue weighted by Gasteiger charge is 2.30. The van der Waals surface area contributed by atoms with Crippen molar-refractivity contribution in [1.82, 2.24) is 4.90 Å². The molecule has 1 amide bonds. The van der Waals surface area contributed by atoms with Gasteiger partial charge in [-0.05, 0) is 24.8 Å². The fourth-order valence-corrected chi connectivity index (χ4v) is 2.65. The number of hydrogen-bond acceptors (Lipinski definition) is 4. The maximum absolute atomic E-state index is 12.4. The van der Waals surface area contributed by atoms with Crippen LogP contribution in [0, 0.1) is 11.8 Å². The van der Waals surface area contributed by atoms with Crippen LogP contribution in [0.25, 0.3) is 0 Å². The quantitative estimate of drug-likeness (QED) is 0.718. The highest BCUT2D eigenvalue weighted by Crippen LogP contribution is 2.19. The molecule has 1 fully saturated rings. The lowest BCUT2D eigenvalue weighted by Crippen LogP contribution is -2.50. The van der Waals surface area contributed by atoms with E-state index in [1.807, 2.05) is 0 Å². The predicted molar refractivity (Wildman–Crippen MR) is 75.2 cm³/mol. The average Bonchev–Trinajstić information content (AvgIpc) is 2.37. The van der Waals surface area contributed by atoms with Gasteiger partial charge in [0.05, 0.1) is 25.7 Å². The number of carboxylic acids is 1. The predicted octanol–water partition coefficient (Wildman–Crippen LogP) is 0.700. The van der Waals surface area contributed by atoms with Crippen LogP contribution in [0.5, 0.6) is 0 Å². The number of nitrogens with two attached hydrogens (primary N) is 1. The van der Waals surface area contributed by atoms with Crippen molar-refractivity contribution in [2.24, 2.45) is 17.6 Å². The molecule has 1 aliphatic rings. The molecule has 6 heteroatoms. The normalized spacial score (nSPS) is 21.0. The summed E-state index contributed by atoms with van der Waals surface area (Å²) in [5.41, 5.74) is 5.72. The SMILES string of the molecule is CC(C)C[C@H](CN)CC(=O)N1CCOCC1CC(=O)O. The third-order valence-electron chi connectivity index (χ3n) is 3.56. The number of carbonyl (C=O) groups excluding carboxylic acids is 1. The maximum Gasteiger partial charge on any atom is 0.305 e. The van der Waals surface area contributed by atoms with E-state index in [0.29, 0.717) is 38.6 Å². The van der Waals surface area contributed by atoms with Crippen LogP contribution in [0.1, 0.15) is 33.1 Å². The van der Waals surface area contributed by atoms with Gasteiger partial charge in [-0.2, -0.15) is 0 Å². The number of carboxylic acid groups (broad SMARTS) is 1. The monoisotopic (exact) mass is 286 g/mol. The van der Waals surface area contributed by atoms with Crippen molar-refractivity contribution < 1.29 is 19.4 Å². The molecule has 1 aliphatic heterocycles. The Labute approximate surface area is 120 Å². The molecule has 0 aromatic rings. The van der Waals surface area contributed by atoms with E-state index >= 15 is 0 Å². The van der Waals surface area contributed by atoms with Gasteiger partial charge in [0.2, 0.25) is 5.91 Å². The van der Waals surface area contributed by atoms with E-state index in [9.17, 15) is 9.59 Å². The molecule has 0 radical (unpaired) electrons. The topological polar surface area (TPSA) is 92.9 Å². The summed E-state index contributed by atoms with van der Waals surface area (Å²) in [5, 5.41) is 8.90. The van der Waals surface area contributed by atoms with Gasteiger partial charge in [0.25, 0.3) is 0 Å². The van der Waals surface area contributed by atoms with Gasteiger partial charge in [-0.3, -0.25) is 9.59 Å². The molecule has 0 saturated carbocycles. The number of hydrogen-bond donors (Lipinski definition) is 2. The zero-order chi connectivity index (χ0) is 15.1. The van der Waals surface area contributed by atoms with Gasteiger partial charge in [-0.1, -0.05) is 13.8 Å². The van der Waals surface area contributed by atoms with Gasteiger partial charge in [0, 0.05) is 13.0 Å². The Kier molecular flexibility index (Phi) is 6.95. The Morgan fingerprint density at radius 2 is 2.15 bits per heavy atom. The summed E-state index contributed by atoms with van der Waals surface area (Å²) >= 11 is 0. The van der Waals surface area contributed by atoms with Crippen LogP contribution >= 0.6 is 0 Å². The zero-order valence-electron chi connectivity index (χ0n) is 12.4. The highest BCUT2D eigenvalue weighted by molar-refractivity contribution is 5.78. The second-order valence-electron chi connectivity index (χ2n) is 5.85. The highest BCUT2D eigenvalue weighted by atomic mass is 16.5. The van der Waals surface area contributed by atoms with Crippen molar-refractivity contribution in [1.29, 1.82) is 0 Å². The summed E-state index contributed by atoms with van der Waals surface area (Å²) in [6, 6.07) is -0.355. The van der Waals surface area contributed by atoms with Crippen molar-refractivity contribution in [2.45, 2.75) is 39.2 Å². The van der Waals surface area contributed by atoms with Gasteiger partial charge in [0.15, 0.2) is 0 Å². The van der Waals surface area contributed by atoms with Crippen LogP contribution in [-0.4, -0.2) is 54.2 Å². The van der Waals surface area contributed by atoms with E-state index in [2.05, 4.69) is 13.8 Å². The lowest BCUT2D eigenvalue weighted by Gasteiger charge is -2.35. The molecule has 0 aliphatic carbocycles. The van der Waals surface area contributed by atoms with E-state index in [1.54, 1.807) is 4.90 Å². The lowest BCUT2D eigenvalue weighted by molar-refractivity contribution is -0.146. The molecule has 1 saturated heterocycles. The van der Waals surface area contributed by atoms with Crippen molar-refractivity contribution in [3.05, 3.63) is 0 Å². The summed E-state index contributed by atoms with van der Waals surface area (Å²) in [4.78, 5) is 24.9. The maximum atomic E-state index is 12.4. The lowest BCUT2D eigenvalue weighted by atomic mass is 9.93. The molecule has 1 unspecified atom stereocenters. The number of morpholine rings is 1. The summed E-state index contributed by atoms with van der Waals surface area (Å²) < 4.78 is 5.28. The van der Waals surface area contributed by atoms with Gasteiger partial charge in [0.1, 0.15) is 0 Å². The Balaban J connectivity index is 2.59. The van der Waals surface area contributed by atoms with Crippen LogP contribution < -0.4 is 5.73 Å². The third kappa shape index (κ3) is 5.46. The average molecular weight is 286 g/mol. The fourth-order valence-electron chi connectivity index (χ4n) is 2.65. The van der Waals surface area contributed by atoms with Crippen LogP contribution in [-0.2, 0) is 14.3 Å². The molecule has 6 nitrogen and oxygen atoms in total. The number of carbonyl (C=O) groups is 2. The first-order valence-corrected chi connectivity index (χ1v) is 7.23. The van der Waals surface area contributed by atoms with Gasteiger partial charge >= 0.3 is 5.97 Å². The minimum absolute atomic E-state index is 0.00403. The largest absolute Gasteiger partial charge is 0.481 e. The minimum Gasteiger partial charge on any atom is -0.481 e. The molecular weight excluding hydrogens is 260 g/mol. The number of nitrogens with zero attached hydrogens (tertiary/aromatic N) is 1. The van der Waals surface area contributed by atoms with E-state index < -0.39 is 5.97 Å². The second kappa shape index (κ2) is 8.21. The fraction of sp³-hybridized carbons (Fsp3) is 0.857. The first-order chi connectivity index (χ1) is 9.43. The summed E-state index contributed by atoms with van der Waals surface area (Å²) in [7, 11) is 0. The molecule has 116 valence electrons. The van der Waals surface area contributed by atoms with E-state index in [-0.39, 0.29) is 24.3 Å². The molecule has 2 atom stereocenters. The van der Waals surface area contributed by atoms with Crippen LogP contribution in [0.2, 0.25) is 0 Å². The second-order valence-corrected chi connectivity index (χ2v) is 5.85. The molecule has 1 rings (SSSR count). The first kappa shape index (κ1) is 16.9. The molecule has 0 aromatic carbocycles. The summed E-state index contributed by atoms with van der Waals surface area (Å²) in [6.07, 6.45) is 1.24. The van der Waals surface area contributed by atoms with Crippen LogP contribution in [0.15, 0.2) is 0 Å². The molecule has 0 bridgehead atoms.